The van der Waals surface area contributed by atoms with Gasteiger partial charge in [0.15, 0.2) is 8.32 Å². The summed E-state index contributed by atoms with van der Waals surface area (Å²) in [5.74, 6) is -0.150. The molecule has 0 aromatic carbocycles. The van der Waals surface area contributed by atoms with Crippen LogP contribution in [0.15, 0.2) is 0 Å². The smallest absolute Gasteiger partial charge is 0.295 e. The van der Waals surface area contributed by atoms with Crippen molar-refractivity contribution in [3.63, 3.8) is 0 Å². The molecule has 0 saturated carbocycles. The van der Waals surface area contributed by atoms with E-state index in [4.69, 9.17) is 8.85 Å². The Morgan fingerprint density at radius 3 is 1.82 bits per heavy atom. The Morgan fingerprint density at radius 2 is 1.47 bits per heavy atom. The Labute approximate surface area is 108 Å². The van der Waals surface area contributed by atoms with Crippen LogP contribution in [-0.4, -0.2) is 28.7 Å². The van der Waals surface area contributed by atoms with Crippen molar-refractivity contribution >= 4 is 22.6 Å². The zero-order chi connectivity index (χ0) is 13.9. The quantitative estimate of drug-likeness (QED) is 0.695. The van der Waals surface area contributed by atoms with Crippen LogP contribution in [0.25, 0.3) is 0 Å². The summed E-state index contributed by atoms with van der Waals surface area (Å²) in [6, 6.07) is 0. The Bertz CT molecular complexity index is 253. The van der Waals surface area contributed by atoms with E-state index in [1.165, 1.54) is 0 Å². The predicted molar refractivity (Wildman–Crippen MR) is 77.1 cm³/mol. The number of carbonyl (C=O) groups is 1. The lowest BCUT2D eigenvalue weighted by Crippen LogP contribution is -2.35. The zero-order valence-electron chi connectivity index (χ0n) is 12.6. The molecule has 0 amide bonds. The molecule has 0 aromatic heterocycles. The Kier molecular flexibility index (Phi) is 6.11. The molecular weight excluding hydrogens is 248 g/mol. The molecule has 0 fully saturated rings. The van der Waals surface area contributed by atoms with Crippen molar-refractivity contribution in [2.24, 2.45) is 5.92 Å². The van der Waals surface area contributed by atoms with Gasteiger partial charge in [0.25, 0.3) is 5.97 Å². The molecule has 0 saturated heterocycles. The molecule has 102 valence electrons. The summed E-state index contributed by atoms with van der Waals surface area (Å²) in [4.78, 5) is 11.8. The first-order chi connectivity index (χ1) is 7.41. The third-order valence-electron chi connectivity index (χ3n) is 2.05. The first-order valence-electron chi connectivity index (χ1n) is 6.31. The van der Waals surface area contributed by atoms with Crippen LogP contribution in [0.2, 0.25) is 39.3 Å². The van der Waals surface area contributed by atoms with Gasteiger partial charge in [0, 0.05) is 6.10 Å². The Hall–Kier alpha value is -0.136. The SMILES string of the molecule is CC(CC(C)C(=O)O[Si](C)(C)C)O[Si](C)(C)C. The summed E-state index contributed by atoms with van der Waals surface area (Å²) >= 11 is 0. The minimum absolute atomic E-state index is 0.0739. The summed E-state index contributed by atoms with van der Waals surface area (Å²) in [6.07, 6.45) is 0.874. The minimum atomic E-state index is -1.76. The lowest BCUT2D eigenvalue weighted by molar-refractivity contribution is -0.140. The second-order valence-electron chi connectivity index (χ2n) is 6.71. The van der Waals surface area contributed by atoms with Gasteiger partial charge in [0.05, 0.1) is 5.92 Å². The van der Waals surface area contributed by atoms with E-state index >= 15 is 0 Å². The normalized spacial score (nSPS) is 16.5. The van der Waals surface area contributed by atoms with Crippen LogP contribution in [0, 0.1) is 5.92 Å². The third-order valence-corrected chi connectivity index (χ3v) is 3.97. The number of rotatable bonds is 6. The highest BCUT2D eigenvalue weighted by Crippen LogP contribution is 2.17. The molecule has 0 heterocycles. The van der Waals surface area contributed by atoms with Crippen LogP contribution in [0.3, 0.4) is 0 Å². The van der Waals surface area contributed by atoms with E-state index in [-0.39, 0.29) is 18.0 Å². The molecule has 2 unspecified atom stereocenters. The lowest BCUT2D eigenvalue weighted by Gasteiger charge is -2.26. The van der Waals surface area contributed by atoms with Crippen LogP contribution in [0.1, 0.15) is 20.3 Å². The number of carbonyl (C=O) groups excluding carboxylic acids is 1. The molecule has 0 radical (unpaired) electrons. The maximum atomic E-state index is 11.8. The van der Waals surface area contributed by atoms with Gasteiger partial charge in [-0.25, -0.2) is 0 Å². The summed E-state index contributed by atoms with van der Waals surface area (Å²) in [5, 5.41) is 0. The number of hydrogen-bond acceptors (Lipinski definition) is 3. The molecule has 2 atom stereocenters. The average molecular weight is 277 g/mol. The van der Waals surface area contributed by atoms with E-state index in [1.54, 1.807) is 0 Å². The van der Waals surface area contributed by atoms with Gasteiger partial charge in [-0.05, 0) is 52.6 Å². The summed E-state index contributed by atoms with van der Waals surface area (Å²) in [6.45, 7) is 16.5. The van der Waals surface area contributed by atoms with Crippen molar-refractivity contribution in [3.05, 3.63) is 0 Å². The van der Waals surface area contributed by atoms with Gasteiger partial charge in [0.1, 0.15) is 0 Å². The minimum Gasteiger partial charge on any atom is -0.520 e. The third kappa shape index (κ3) is 9.55. The van der Waals surface area contributed by atoms with Gasteiger partial charge in [0.2, 0.25) is 8.32 Å². The zero-order valence-corrected chi connectivity index (χ0v) is 14.6. The van der Waals surface area contributed by atoms with E-state index in [0.717, 1.165) is 6.42 Å². The van der Waals surface area contributed by atoms with Crippen molar-refractivity contribution in [1.82, 2.24) is 0 Å². The van der Waals surface area contributed by atoms with Crippen LogP contribution in [0.5, 0.6) is 0 Å². The second-order valence-corrected chi connectivity index (χ2v) is 15.6. The largest absolute Gasteiger partial charge is 0.520 e. The highest BCUT2D eigenvalue weighted by Gasteiger charge is 2.26. The summed E-state index contributed by atoms with van der Waals surface area (Å²) in [5.41, 5.74) is 0. The maximum absolute atomic E-state index is 11.8. The highest BCUT2D eigenvalue weighted by molar-refractivity contribution is 6.71. The first-order valence-corrected chi connectivity index (χ1v) is 13.1. The molecule has 5 heteroatoms. The van der Waals surface area contributed by atoms with Crippen molar-refractivity contribution < 1.29 is 13.6 Å². The molecule has 0 bridgehead atoms. The molecule has 17 heavy (non-hydrogen) atoms. The molecule has 0 rings (SSSR count). The van der Waals surface area contributed by atoms with E-state index in [1.807, 2.05) is 33.5 Å². The van der Waals surface area contributed by atoms with Crippen LogP contribution >= 0.6 is 0 Å². The van der Waals surface area contributed by atoms with E-state index in [9.17, 15) is 4.79 Å². The standard InChI is InChI=1S/C12H28O3Si2/c1-10(12(13)15-17(6,7)8)9-11(2)14-16(3,4)5/h10-11H,9H2,1-8H3. The van der Waals surface area contributed by atoms with Gasteiger partial charge in [-0.2, -0.15) is 0 Å². The summed E-state index contributed by atoms with van der Waals surface area (Å²) < 4.78 is 11.4. The Balaban J connectivity index is 4.17. The topological polar surface area (TPSA) is 35.5 Å². The van der Waals surface area contributed by atoms with E-state index < -0.39 is 16.6 Å². The van der Waals surface area contributed by atoms with Crippen LogP contribution < -0.4 is 0 Å². The summed E-state index contributed by atoms with van der Waals surface area (Å²) in [7, 11) is -3.27. The van der Waals surface area contributed by atoms with Gasteiger partial charge in [-0.3, -0.25) is 4.79 Å². The molecular formula is C12H28O3Si2. The van der Waals surface area contributed by atoms with Crippen molar-refractivity contribution in [1.29, 1.82) is 0 Å². The molecule has 0 aliphatic rings. The molecule has 0 aromatic rings. The van der Waals surface area contributed by atoms with E-state index in [2.05, 4.69) is 19.6 Å². The molecule has 0 spiro atoms. The molecule has 0 N–H and O–H groups in total. The maximum Gasteiger partial charge on any atom is 0.295 e. The average Bonchev–Trinajstić information content (AvgIpc) is 1.95. The van der Waals surface area contributed by atoms with Crippen LogP contribution in [0.4, 0.5) is 0 Å². The molecule has 3 nitrogen and oxygen atoms in total. The fraction of sp³-hybridized carbons (Fsp3) is 0.917. The monoisotopic (exact) mass is 276 g/mol. The highest BCUT2D eigenvalue weighted by atomic mass is 28.4. The van der Waals surface area contributed by atoms with Gasteiger partial charge >= 0.3 is 0 Å². The fourth-order valence-corrected chi connectivity index (χ4v) is 3.76. The fourth-order valence-electron chi connectivity index (χ4n) is 1.65. The van der Waals surface area contributed by atoms with Crippen molar-refractivity contribution in [2.75, 3.05) is 0 Å². The first kappa shape index (κ1) is 16.9. The second kappa shape index (κ2) is 6.15. The van der Waals surface area contributed by atoms with Gasteiger partial charge < -0.3 is 8.85 Å². The lowest BCUT2D eigenvalue weighted by atomic mass is 10.1. The van der Waals surface area contributed by atoms with Gasteiger partial charge in [-0.1, -0.05) is 6.92 Å². The van der Waals surface area contributed by atoms with Gasteiger partial charge in [-0.15, -0.1) is 0 Å². The van der Waals surface area contributed by atoms with E-state index in [0.29, 0.717) is 0 Å². The van der Waals surface area contributed by atoms with Crippen molar-refractivity contribution in [2.45, 2.75) is 65.7 Å². The predicted octanol–water partition coefficient (Wildman–Crippen LogP) is 3.63. The Morgan fingerprint density at radius 1 is 1.00 bits per heavy atom. The molecule has 0 aliphatic heterocycles. The van der Waals surface area contributed by atoms with Crippen LogP contribution in [-0.2, 0) is 13.6 Å². The molecule has 0 aliphatic carbocycles. The van der Waals surface area contributed by atoms with Crippen molar-refractivity contribution in [3.8, 4) is 0 Å². The number of hydrogen-bond donors (Lipinski definition) is 0.